The van der Waals surface area contributed by atoms with Gasteiger partial charge in [-0.2, -0.15) is 5.10 Å². The van der Waals surface area contributed by atoms with Crippen LogP contribution in [0.5, 0.6) is 0 Å². The van der Waals surface area contributed by atoms with Crippen molar-refractivity contribution in [2.45, 2.75) is 0 Å². The molecular weight excluding hydrogens is 436 g/mol. The first-order valence-corrected chi connectivity index (χ1v) is 11.2. The first kappa shape index (κ1) is 21.9. The minimum absolute atomic E-state index is 0.0530. The lowest BCUT2D eigenvalue weighted by Gasteiger charge is -2.15. The van der Waals surface area contributed by atoms with Gasteiger partial charge in [0.05, 0.1) is 28.2 Å². The molecule has 6 nitrogen and oxygen atoms in total. The van der Waals surface area contributed by atoms with E-state index in [1.165, 1.54) is 12.1 Å². The van der Waals surface area contributed by atoms with Gasteiger partial charge in [-0.15, -0.1) is 0 Å². The van der Waals surface area contributed by atoms with Gasteiger partial charge in [0.1, 0.15) is 0 Å². The average molecular weight is 459 g/mol. The quantitative estimate of drug-likeness (QED) is 0.160. The molecule has 5 aromatic rings. The molecule has 0 saturated carbocycles. The molecule has 0 aliphatic heterocycles. The van der Waals surface area contributed by atoms with Crippen molar-refractivity contribution in [1.82, 2.24) is 4.57 Å². The van der Waals surface area contributed by atoms with Crippen molar-refractivity contribution >= 4 is 17.6 Å². The number of aromatic nitrogens is 1. The van der Waals surface area contributed by atoms with Crippen molar-refractivity contribution in [2.24, 2.45) is 5.10 Å². The number of hydrogen-bond acceptors (Lipinski definition) is 4. The maximum absolute atomic E-state index is 11.2. The molecule has 5 rings (SSSR count). The molecule has 0 saturated heterocycles. The van der Waals surface area contributed by atoms with Crippen molar-refractivity contribution in [3.63, 3.8) is 0 Å². The number of non-ortho nitro benzene ring substituents is 1. The highest BCUT2D eigenvalue weighted by Gasteiger charge is 2.19. The number of anilines is 1. The number of hydrogen-bond donors (Lipinski definition) is 1. The van der Waals surface area contributed by atoms with E-state index < -0.39 is 0 Å². The molecule has 0 aliphatic carbocycles. The van der Waals surface area contributed by atoms with E-state index in [-0.39, 0.29) is 10.6 Å². The second-order valence-corrected chi connectivity index (χ2v) is 7.91. The third kappa shape index (κ3) is 4.72. The smallest absolute Gasteiger partial charge is 0.269 e. The van der Waals surface area contributed by atoms with Crippen LogP contribution in [0, 0.1) is 10.1 Å². The summed E-state index contributed by atoms with van der Waals surface area (Å²) in [6.45, 7) is 0. The highest BCUT2D eigenvalue weighted by Crippen LogP contribution is 2.35. The largest absolute Gasteiger partial charge is 0.309 e. The van der Waals surface area contributed by atoms with Crippen LogP contribution in [0.25, 0.3) is 28.2 Å². The van der Waals surface area contributed by atoms with Crippen LogP contribution < -0.4 is 5.43 Å². The van der Waals surface area contributed by atoms with Crippen LogP contribution in [0.15, 0.2) is 126 Å². The molecule has 170 valence electrons. The lowest BCUT2D eigenvalue weighted by molar-refractivity contribution is -0.384. The normalized spacial score (nSPS) is 11.0. The number of nitro groups is 1. The fourth-order valence-corrected chi connectivity index (χ4v) is 4.02. The summed E-state index contributed by atoms with van der Waals surface area (Å²) >= 11 is 0. The van der Waals surface area contributed by atoms with E-state index in [0.29, 0.717) is 0 Å². The predicted molar refractivity (Wildman–Crippen MR) is 141 cm³/mol. The Kier molecular flexibility index (Phi) is 6.17. The summed E-state index contributed by atoms with van der Waals surface area (Å²) < 4.78 is 2.12. The van der Waals surface area contributed by atoms with Crippen LogP contribution in [0.1, 0.15) is 5.56 Å². The Labute approximate surface area is 203 Å². The van der Waals surface area contributed by atoms with E-state index in [0.717, 1.165) is 39.5 Å². The van der Waals surface area contributed by atoms with Gasteiger partial charge in [-0.3, -0.25) is 15.5 Å². The molecule has 0 amide bonds. The van der Waals surface area contributed by atoms with Gasteiger partial charge >= 0.3 is 0 Å². The van der Waals surface area contributed by atoms with Gasteiger partial charge in [0, 0.05) is 23.4 Å². The molecule has 1 heterocycles. The maximum atomic E-state index is 11.2. The topological polar surface area (TPSA) is 72.5 Å². The van der Waals surface area contributed by atoms with Crippen molar-refractivity contribution in [2.75, 3.05) is 5.43 Å². The number of para-hydroxylation sites is 1. The number of rotatable bonds is 7. The molecule has 0 spiro atoms. The Balaban J connectivity index is 1.70. The molecule has 0 unspecified atom stereocenters. The Hall–Kier alpha value is -4.97. The van der Waals surface area contributed by atoms with E-state index in [1.54, 1.807) is 12.1 Å². The number of nitrogens with zero attached hydrogens (tertiary/aromatic N) is 3. The first-order valence-electron chi connectivity index (χ1n) is 11.2. The van der Waals surface area contributed by atoms with Gasteiger partial charge in [-0.1, -0.05) is 78.9 Å². The molecule has 0 bridgehead atoms. The van der Waals surface area contributed by atoms with Gasteiger partial charge < -0.3 is 4.57 Å². The molecule has 0 atom stereocenters. The Morgan fingerprint density at radius 2 is 1.31 bits per heavy atom. The number of nitro benzene ring substituents is 1. The number of hydrazone groups is 1. The van der Waals surface area contributed by atoms with Crippen LogP contribution in [0.2, 0.25) is 0 Å². The third-order valence-electron chi connectivity index (χ3n) is 5.64. The van der Waals surface area contributed by atoms with Crippen LogP contribution >= 0.6 is 0 Å². The second kappa shape index (κ2) is 9.89. The number of nitrogens with one attached hydrogen (secondary N) is 1. The highest BCUT2D eigenvalue weighted by molar-refractivity contribution is 5.94. The fourth-order valence-electron chi connectivity index (χ4n) is 4.02. The molecule has 0 aliphatic rings. The lowest BCUT2D eigenvalue weighted by Crippen LogP contribution is -2.01. The summed E-state index contributed by atoms with van der Waals surface area (Å²) in [7, 11) is 0. The zero-order valence-corrected chi connectivity index (χ0v) is 18.8. The average Bonchev–Trinajstić information content (AvgIpc) is 3.30. The minimum atomic E-state index is -0.386. The van der Waals surface area contributed by atoms with E-state index in [4.69, 9.17) is 0 Å². The summed E-state index contributed by atoms with van der Waals surface area (Å²) in [5.74, 6) is 0. The monoisotopic (exact) mass is 458 g/mol. The Bertz CT molecular complexity index is 1460. The third-order valence-corrected chi connectivity index (χ3v) is 5.64. The Morgan fingerprint density at radius 1 is 0.743 bits per heavy atom. The summed E-state index contributed by atoms with van der Waals surface area (Å²) in [5, 5.41) is 15.7. The summed E-state index contributed by atoms with van der Waals surface area (Å²) in [5.41, 5.74) is 9.70. The molecule has 35 heavy (non-hydrogen) atoms. The van der Waals surface area contributed by atoms with Crippen molar-refractivity contribution < 1.29 is 4.92 Å². The highest BCUT2D eigenvalue weighted by atomic mass is 16.6. The van der Waals surface area contributed by atoms with E-state index in [2.05, 4.69) is 33.3 Å². The van der Waals surface area contributed by atoms with Crippen LogP contribution in [0.3, 0.4) is 0 Å². The molecule has 6 heteroatoms. The maximum Gasteiger partial charge on any atom is 0.269 e. The molecular formula is C29H22N4O2. The molecule has 1 aromatic heterocycles. The summed E-state index contributed by atoms with van der Waals surface area (Å²) in [4.78, 5) is 10.9. The summed E-state index contributed by atoms with van der Waals surface area (Å²) in [6, 6.07) is 38.6. The van der Waals surface area contributed by atoms with Crippen LogP contribution in [-0.4, -0.2) is 15.7 Å². The van der Waals surface area contributed by atoms with Crippen molar-refractivity contribution in [3.8, 4) is 28.2 Å². The molecule has 0 fully saturated rings. The van der Waals surface area contributed by atoms with Gasteiger partial charge in [-0.05, 0) is 41.5 Å². The zero-order chi connectivity index (χ0) is 24.0. The van der Waals surface area contributed by atoms with Gasteiger partial charge in [0.15, 0.2) is 0 Å². The van der Waals surface area contributed by atoms with Gasteiger partial charge in [-0.25, -0.2) is 0 Å². The van der Waals surface area contributed by atoms with E-state index in [1.807, 2.05) is 85.1 Å². The molecule has 4 aromatic carbocycles. The summed E-state index contributed by atoms with van der Waals surface area (Å²) in [6.07, 6.45) is 1.81. The first-order chi connectivity index (χ1) is 17.2. The molecule has 1 N–H and O–H groups in total. The zero-order valence-electron chi connectivity index (χ0n) is 18.8. The minimum Gasteiger partial charge on any atom is -0.309 e. The number of benzene rings is 4. The molecule has 0 radical (unpaired) electrons. The van der Waals surface area contributed by atoms with Gasteiger partial charge in [0.2, 0.25) is 0 Å². The predicted octanol–water partition coefficient (Wildman–Crippen LogP) is 7.17. The van der Waals surface area contributed by atoms with E-state index in [9.17, 15) is 10.1 Å². The fraction of sp³-hybridized carbons (Fsp3) is 0. The van der Waals surface area contributed by atoms with E-state index >= 15 is 0 Å². The van der Waals surface area contributed by atoms with Crippen LogP contribution in [0.4, 0.5) is 11.4 Å². The second-order valence-electron chi connectivity index (χ2n) is 7.91. The van der Waals surface area contributed by atoms with Gasteiger partial charge in [0.25, 0.3) is 5.69 Å². The lowest BCUT2D eigenvalue weighted by atomic mass is 10.1. The SMILES string of the molecule is O=[N+]([O-])c1ccc(-n2c(-c3ccccc3)cc(/C=N\Nc3ccccc3)c2-c2ccccc2)cc1. The standard InChI is InChI=1S/C29H22N4O2/c34-33(35)27-18-16-26(17-19-27)32-28(22-10-4-1-5-11-22)20-24(29(32)23-12-6-2-7-13-23)21-30-31-25-14-8-3-9-15-25/h1-21,31H/b30-21-. The van der Waals surface area contributed by atoms with Crippen molar-refractivity contribution in [1.29, 1.82) is 0 Å². The Morgan fingerprint density at radius 3 is 1.91 bits per heavy atom. The van der Waals surface area contributed by atoms with Crippen LogP contribution in [-0.2, 0) is 0 Å². The van der Waals surface area contributed by atoms with Crippen molar-refractivity contribution in [3.05, 3.63) is 137 Å².